The molecule has 1 aromatic heterocycles. The fraction of sp³-hybridized carbons (Fsp3) is 0.667. The Bertz CT molecular complexity index is 641. The number of aromatic nitrogens is 1. The molecule has 3 heterocycles. The Morgan fingerprint density at radius 2 is 1.96 bits per heavy atom. The monoisotopic (exact) mass is 315 g/mol. The molecule has 124 valence electrons. The first kappa shape index (κ1) is 16.2. The second kappa shape index (κ2) is 6.10. The Morgan fingerprint density at radius 3 is 2.57 bits per heavy atom. The van der Waals surface area contributed by atoms with Crippen LogP contribution in [0.4, 0.5) is 5.82 Å². The van der Waals surface area contributed by atoms with Crippen LogP contribution in [0.15, 0.2) is 0 Å². The van der Waals surface area contributed by atoms with Crippen molar-refractivity contribution >= 4 is 5.82 Å². The van der Waals surface area contributed by atoms with Crippen molar-refractivity contribution in [3.63, 3.8) is 0 Å². The van der Waals surface area contributed by atoms with Gasteiger partial charge >= 0.3 is 0 Å². The summed E-state index contributed by atoms with van der Waals surface area (Å²) in [7, 11) is 0. The summed E-state index contributed by atoms with van der Waals surface area (Å²) in [5.41, 5.74) is 3.64. The summed E-state index contributed by atoms with van der Waals surface area (Å²) in [6.45, 7) is 12.0. The van der Waals surface area contributed by atoms with Gasteiger partial charge in [0.05, 0.1) is 42.7 Å². The first-order valence-electron chi connectivity index (χ1n) is 8.35. The van der Waals surface area contributed by atoms with E-state index in [1.54, 1.807) is 0 Å². The number of nitriles is 1. The number of ether oxygens (including phenoxy) is 2. The predicted molar refractivity (Wildman–Crippen MR) is 88.6 cm³/mol. The van der Waals surface area contributed by atoms with Gasteiger partial charge in [-0.2, -0.15) is 5.26 Å². The zero-order chi connectivity index (χ0) is 16.6. The fourth-order valence-corrected chi connectivity index (χ4v) is 3.42. The standard InChI is InChI=1S/C18H25N3O2/c1-12(2)16-14(10-19)13-9-18(3,4)23-11-15(13)20-17(16)21-5-7-22-8-6-21/h12H,5-9,11H2,1-4H3. The van der Waals surface area contributed by atoms with E-state index in [9.17, 15) is 5.26 Å². The third-order valence-corrected chi connectivity index (χ3v) is 4.60. The van der Waals surface area contributed by atoms with Gasteiger partial charge in [0.15, 0.2) is 0 Å². The molecule has 3 rings (SSSR count). The molecule has 5 heteroatoms. The van der Waals surface area contributed by atoms with Gasteiger partial charge in [0.1, 0.15) is 5.82 Å². The van der Waals surface area contributed by atoms with Crippen LogP contribution < -0.4 is 4.90 Å². The third-order valence-electron chi connectivity index (χ3n) is 4.60. The summed E-state index contributed by atoms with van der Waals surface area (Å²) in [6, 6.07) is 2.47. The SMILES string of the molecule is CC(C)c1c(N2CCOCC2)nc2c(c1C#N)CC(C)(C)OC2. The smallest absolute Gasteiger partial charge is 0.133 e. The van der Waals surface area contributed by atoms with Crippen molar-refractivity contribution in [1.29, 1.82) is 5.26 Å². The average molecular weight is 315 g/mol. The van der Waals surface area contributed by atoms with Crippen LogP contribution in [0, 0.1) is 11.3 Å². The van der Waals surface area contributed by atoms with Gasteiger partial charge < -0.3 is 14.4 Å². The second-order valence-electron chi connectivity index (χ2n) is 7.24. The minimum absolute atomic E-state index is 0.241. The van der Waals surface area contributed by atoms with Crippen LogP contribution in [0.1, 0.15) is 56.0 Å². The predicted octanol–water partition coefficient (Wildman–Crippen LogP) is 2.76. The van der Waals surface area contributed by atoms with Crippen molar-refractivity contribution in [2.75, 3.05) is 31.2 Å². The molecule has 0 saturated carbocycles. The van der Waals surface area contributed by atoms with Crippen LogP contribution in [-0.4, -0.2) is 36.9 Å². The maximum Gasteiger partial charge on any atom is 0.133 e. The molecular weight excluding hydrogens is 290 g/mol. The van der Waals surface area contributed by atoms with Gasteiger partial charge in [0.2, 0.25) is 0 Å². The average Bonchev–Trinajstić information content (AvgIpc) is 2.53. The Morgan fingerprint density at radius 1 is 1.26 bits per heavy atom. The third kappa shape index (κ3) is 3.06. The van der Waals surface area contributed by atoms with Crippen LogP contribution in [0.3, 0.4) is 0 Å². The Labute approximate surface area is 138 Å². The molecule has 0 aliphatic carbocycles. The van der Waals surface area contributed by atoms with Crippen molar-refractivity contribution in [3.05, 3.63) is 22.4 Å². The van der Waals surface area contributed by atoms with Gasteiger partial charge in [-0.25, -0.2) is 4.98 Å². The summed E-state index contributed by atoms with van der Waals surface area (Å²) in [4.78, 5) is 7.18. The van der Waals surface area contributed by atoms with E-state index in [-0.39, 0.29) is 11.5 Å². The number of nitrogens with zero attached hydrogens (tertiary/aromatic N) is 3. The maximum absolute atomic E-state index is 9.85. The zero-order valence-corrected chi connectivity index (χ0v) is 14.5. The molecule has 0 spiro atoms. The van der Waals surface area contributed by atoms with Crippen LogP contribution in [0.25, 0.3) is 0 Å². The summed E-state index contributed by atoms with van der Waals surface area (Å²) in [6.07, 6.45) is 0.737. The second-order valence-corrected chi connectivity index (χ2v) is 7.24. The van der Waals surface area contributed by atoms with Crippen molar-refractivity contribution < 1.29 is 9.47 Å². The highest BCUT2D eigenvalue weighted by Crippen LogP contribution is 2.37. The van der Waals surface area contributed by atoms with Gasteiger partial charge in [-0.1, -0.05) is 13.8 Å². The van der Waals surface area contributed by atoms with E-state index >= 15 is 0 Å². The number of hydrogen-bond donors (Lipinski definition) is 0. The molecule has 1 saturated heterocycles. The van der Waals surface area contributed by atoms with E-state index in [0.29, 0.717) is 19.8 Å². The van der Waals surface area contributed by atoms with E-state index in [4.69, 9.17) is 14.5 Å². The molecule has 0 amide bonds. The number of hydrogen-bond acceptors (Lipinski definition) is 5. The van der Waals surface area contributed by atoms with Gasteiger partial charge in [-0.05, 0) is 25.3 Å². The first-order chi connectivity index (χ1) is 10.9. The Hall–Kier alpha value is -1.64. The number of morpholine rings is 1. The van der Waals surface area contributed by atoms with Gasteiger partial charge in [0.25, 0.3) is 0 Å². The van der Waals surface area contributed by atoms with Crippen molar-refractivity contribution in [2.24, 2.45) is 0 Å². The molecule has 0 bridgehead atoms. The molecule has 2 aliphatic rings. The molecule has 1 aromatic rings. The van der Waals surface area contributed by atoms with Crippen LogP contribution in [-0.2, 0) is 22.5 Å². The summed E-state index contributed by atoms with van der Waals surface area (Å²) >= 11 is 0. The molecule has 0 N–H and O–H groups in total. The molecule has 2 aliphatic heterocycles. The van der Waals surface area contributed by atoms with E-state index < -0.39 is 0 Å². The normalized spacial score (nSPS) is 20.3. The lowest BCUT2D eigenvalue weighted by atomic mass is 9.86. The van der Waals surface area contributed by atoms with Crippen LogP contribution >= 0.6 is 0 Å². The lowest BCUT2D eigenvalue weighted by Crippen LogP contribution is -2.39. The van der Waals surface area contributed by atoms with E-state index in [2.05, 4.69) is 38.7 Å². The minimum Gasteiger partial charge on any atom is -0.378 e. The Balaban J connectivity index is 2.16. The summed E-state index contributed by atoms with van der Waals surface area (Å²) in [5, 5.41) is 9.85. The number of pyridine rings is 1. The van der Waals surface area contributed by atoms with Crippen molar-refractivity contribution in [2.45, 2.75) is 52.2 Å². The van der Waals surface area contributed by atoms with Crippen molar-refractivity contribution in [1.82, 2.24) is 4.98 Å². The van der Waals surface area contributed by atoms with E-state index in [1.807, 2.05) is 0 Å². The van der Waals surface area contributed by atoms with Gasteiger partial charge in [-0.3, -0.25) is 0 Å². The lowest BCUT2D eigenvalue weighted by Gasteiger charge is -2.36. The molecule has 0 aromatic carbocycles. The highest BCUT2D eigenvalue weighted by atomic mass is 16.5. The number of anilines is 1. The fourth-order valence-electron chi connectivity index (χ4n) is 3.42. The Kier molecular flexibility index (Phi) is 4.31. The van der Waals surface area contributed by atoms with Crippen molar-refractivity contribution in [3.8, 4) is 6.07 Å². The quantitative estimate of drug-likeness (QED) is 0.840. The number of fused-ring (bicyclic) bond motifs is 1. The molecule has 0 atom stereocenters. The molecule has 5 nitrogen and oxygen atoms in total. The van der Waals surface area contributed by atoms with Crippen LogP contribution in [0.2, 0.25) is 0 Å². The highest BCUT2D eigenvalue weighted by molar-refractivity contribution is 5.61. The zero-order valence-electron chi connectivity index (χ0n) is 14.5. The largest absolute Gasteiger partial charge is 0.378 e. The summed E-state index contributed by atoms with van der Waals surface area (Å²) in [5.74, 6) is 1.20. The van der Waals surface area contributed by atoms with Crippen LogP contribution in [0.5, 0.6) is 0 Å². The van der Waals surface area contributed by atoms with Gasteiger partial charge in [0, 0.05) is 25.1 Å². The molecular formula is C18H25N3O2. The first-order valence-corrected chi connectivity index (χ1v) is 8.35. The highest BCUT2D eigenvalue weighted by Gasteiger charge is 2.33. The summed E-state index contributed by atoms with van der Waals surface area (Å²) < 4.78 is 11.4. The van der Waals surface area contributed by atoms with E-state index in [0.717, 1.165) is 47.7 Å². The topological polar surface area (TPSA) is 58.4 Å². The van der Waals surface area contributed by atoms with Gasteiger partial charge in [-0.15, -0.1) is 0 Å². The van der Waals surface area contributed by atoms with E-state index in [1.165, 1.54) is 0 Å². The minimum atomic E-state index is -0.241. The maximum atomic E-state index is 9.85. The molecule has 0 unspecified atom stereocenters. The molecule has 23 heavy (non-hydrogen) atoms. The molecule has 1 fully saturated rings. The molecule has 0 radical (unpaired) electrons. The number of rotatable bonds is 2. The lowest BCUT2D eigenvalue weighted by molar-refractivity contribution is -0.0421.